The molecule has 0 N–H and O–H groups in total. The number of carbonyl (C=O) groups is 5. The van der Waals surface area contributed by atoms with Crippen molar-refractivity contribution in [3.05, 3.63) is 132 Å². The quantitative estimate of drug-likeness (QED) is 0.0437. The van der Waals surface area contributed by atoms with Crippen molar-refractivity contribution >= 4 is 30.2 Å². The van der Waals surface area contributed by atoms with Gasteiger partial charge in [-0.2, -0.15) is 0 Å². The average Bonchev–Trinajstić information content (AvgIpc) is 3.11. The fraction of sp³-hybridized carbons (Fsp3) is 0.0750. The van der Waals surface area contributed by atoms with Crippen LogP contribution in [0.3, 0.4) is 0 Å². The Bertz CT molecular complexity index is 2110. The first-order valence-electron chi connectivity index (χ1n) is 14.8. The van der Waals surface area contributed by atoms with E-state index in [4.69, 9.17) is 18.9 Å². The molecule has 0 atom stereocenters. The van der Waals surface area contributed by atoms with Gasteiger partial charge in [-0.3, -0.25) is 4.79 Å². The number of aldehydes is 1. The molecule has 0 saturated heterocycles. The first-order valence-corrected chi connectivity index (χ1v) is 14.8. The van der Waals surface area contributed by atoms with Crippen molar-refractivity contribution in [2.75, 3.05) is 0 Å². The number of hydrogen-bond donors (Lipinski definition) is 0. The molecule has 0 aliphatic heterocycles. The van der Waals surface area contributed by atoms with E-state index >= 15 is 4.39 Å². The van der Waals surface area contributed by atoms with E-state index in [1.807, 2.05) is 0 Å². The van der Waals surface area contributed by atoms with Crippen molar-refractivity contribution in [3.63, 3.8) is 0 Å². The molecule has 0 heterocycles. The van der Waals surface area contributed by atoms with E-state index in [0.717, 1.165) is 17.2 Å². The van der Waals surface area contributed by atoms with Gasteiger partial charge in [0.25, 0.3) is 0 Å². The SMILES string of the molecule is C=CC(=O)Oc1c(F)c(C#Cc2ccc(-c3ccc(OC(=O)C(=C)C)cc3)cc2)c(OC(=O)C=O)c(C)c1-c1ccc(OC(=O)C(=C)C)cc1. The predicted octanol–water partition coefficient (Wildman–Crippen LogP) is 7.03. The molecule has 250 valence electrons. The van der Waals surface area contributed by atoms with Gasteiger partial charge in [0, 0.05) is 33.9 Å². The summed E-state index contributed by atoms with van der Waals surface area (Å²) in [5.41, 5.74) is 2.45. The normalized spacial score (nSPS) is 10.1. The molecule has 0 radical (unpaired) electrons. The number of carbonyl (C=O) groups excluding carboxylic acids is 5. The summed E-state index contributed by atoms with van der Waals surface area (Å²) in [6.45, 7) is 15.0. The lowest BCUT2D eigenvalue weighted by Gasteiger charge is -2.19. The lowest BCUT2D eigenvalue weighted by Crippen LogP contribution is -2.14. The lowest BCUT2D eigenvalue weighted by molar-refractivity contribution is -0.141. The molecule has 4 rings (SSSR count). The molecule has 50 heavy (non-hydrogen) atoms. The maximum atomic E-state index is 16.4. The fourth-order valence-corrected chi connectivity index (χ4v) is 4.42. The van der Waals surface area contributed by atoms with Gasteiger partial charge in [0.15, 0.2) is 17.3 Å². The Hall–Kier alpha value is -6.86. The minimum atomic E-state index is -1.32. The zero-order valence-corrected chi connectivity index (χ0v) is 27.3. The zero-order chi connectivity index (χ0) is 36.5. The van der Waals surface area contributed by atoms with E-state index in [2.05, 4.69) is 31.6 Å². The topological polar surface area (TPSA) is 122 Å². The lowest BCUT2D eigenvalue weighted by atomic mass is 9.95. The Labute approximate surface area is 287 Å². The molecule has 10 heteroatoms. The summed E-state index contributed by atoms with van der Waals surface area (Å²) in [5.74, 6) is 0.448. The highest BCUT2D eigenvalue weighted by Crippen LogP contribution is 2.44. The van der Waals surface area contributed by atoms with E-state index in [1.165, 1.54) is 38.1 Å². The minimum absolute atomic E-state index is 0.000471. The summed E-state index contributed by atoms with van der Waals surface area (Å²) in [6, 6.07) is 19.5. The van der Waals surface area contributed by atoms with Crippen LogP contribution in [0.2, 0.25) is 0 Å². The molecule has 0 aliphatic rings. The minimum Gasteiger partial charge on any atom is -0.423 e. The smallest absolute Gasteiger partial charge is 0.376 e. The van der Waals surface area contributed by atoms with E-state index < -0.39 is 41.0 Å². The standard InChI is InChI=1S/C40H29FO9/c1-7-33(43)49-38-35(29-15-19-31(20-16-29)48-40(46)24(4)5)25(6)37(50-34(44)22-42)32(36(38)41)21-10-26-8-11-27(12-9-26)28-13-17-30(18-14-28)47-39(45)23(2)3/h7-9,11-20,22H,1-2,4H2,3,5-6H3. The van der Waals surface area contributed by atoms with Crippen molar-refractivity contribution < 1.29 is 47.3 Å². The number of ether oxygens (including phenoxy) is 4. The summed E-state index contributed by atoms with van der Waals surface area (Å²) in [5, 5.41) is 0. The van der Waals surface area contributed by atoms with Crippen molar-refractivity contribution in [3.8, 4) is 57.1 Å². The first kappa shape index (κ1) is 36.0. The van der Waals surface area contributed by atoms with Gasteiger partial charge in [-0.15, -0.1) is 0 Å². The number of rotatable bonds is 10. The van der Waals surface area contributed by atoms with Gasteiger partial charge >= 0.3 is 23.9 Å². The third kappa shape index (κ3) is 8.53. The number of esters is 4. The third-order valence-corrected chi connectivity index (χ3v) is 6.92. The van der Waals surface area contributed by atoms with Gasteiger partial charge < -0.3 is 18.9 Å². The molecular formula is C40H29FO9. The van der Waals surface area contributed by atoms with Crippen LogP contribution in [0, 0.1) is 24.6 Å². The third-order valence-electron chi connectivity index (χ3n) is 6.92. The van der Waals surface area contributed by atoms with Crippen LogP contribution < -0.4 is 18.9 Å². The second kappa shape index (κ2) is 15.8. The highest BCUT2D eigenvalue weighted by Gasteiger charge is 2.27. The van der Waals surface area contributed by atoms with Crippen LogP contribution in [0.25, 0.3) is 22.3 Å². The largest absolute Gasteiger partial charge is 0.423 e. The Morgan fingerprint density at radius 3 is 1.58 bits per heavy atom. The summed E-state index contributed by atoms with van der Waals surface area (Å²) in [6.07, 6.45) is 0.759. The van der Waals surface area contributed by atoms with Crippen LogP contribution in [0.5, 0.6) is 23.0 Å². The van der Waals surface area contributed by atoms with E-state index in [1.54, 1.807) is 55.5 Å². The summed E-state index contributed by atoms with van der Waals surface area (Å²) >= 11 is 0. The Balaban J connectivity index is 1.77. The van der Waals surface area contributed by atoms with Crippen LogP contribution in [0.1, 0.15) is 30.5 Å². The van der Waals surface area contributed by atoms with Crippen LogP contribution in [0.4, 0.5) is 4.39 Å². The highest BCUT2D eigenvalue weighted by molar-refractivity contribution is 6.21. The van der Waals surface area contributed by atoms with Gasteiger partial charge in [0.05, 0.1) is 0 Å². The molecule has 0 spiro atoms. The molecule has 4 aromatic rings. The molecular weight excluding hydrogens is 643 g/mol. The summed E-state index contributed by atoms with van der Waals surface area (Å²) < 4.78 is 37.4. The molecule has 0 amide bonds. The predicted molar refractivity (Wildman–Crippen MR) is 183 cm³/mol. The van der Waals surface area contributed by atoms with Gasteiger partial charge in [0.2, 0.25) is 6.29 Å². The van der Waals surface area contributed by atoms with E-state index in [0.29, 0.717) is 11.3 Å². The molecule has 4 aromatic carbocycles. The molecule has 0 aromatic heterocycles. The zero-order valence-electron chi connectivity index (χ0n) is 27.3. The summed E-state index contributed by atoms with van der Waals surface area (Å²) in [7, 11) is 0. The molecule has 0 unspecified atom stereocenters. The molecule has 0 fully saturated rings. The molecule has 0 bridgehead atoms. The number of halogens is 1. The van der Waals surface area contributed by atoms with Crippen LogP contribution in [0.15, 0.2) is 110 Å². The van der Waals surface area contributed by atoms with Gasteiger partial charge in [-0.05, 0) is 73.9 Å². The molecule has 0 aliphatic carbocycles. The fourth-order valence-electron chi connectivity index (χ4n) is 4.42. The van der Waals surface area contributed by atoms with Crippen LogP contribution in [-0.4, -0.2) is 30.2 Å². The monoisotopic (exact) mass is 672 g/mol. The highest BCUT2D eigenvalue weighted by atomic mass is 19.1. The number of hydrogen-bond acceptors (Lipinski definition) is 9. The van der Waals surface area contributed by atoms with Crippen molar-refractivity contribution in [1.82, 2.24) is 0 Å². The Morgan fingerprint density at radius 1 is 0.660 bits per heavy atom. The van der Waals surface area contributed by atoms with Gasteiger partial charge in [0.1, 0.15) is 17.1 Å². The Kier molecular flexibility index (Phi) is 11.4. The van der Waals surface area contributed by atoms with Crippen LogP contribution >= 0.6 is 0 Å². The van der Waals surface area contributed by atoms with Crippen molar-refractivity contribution in [2.45, 2.75) is 20.8 Å². The van der Waals surface area contributed by atoms with Gasteiger partial charge in [-0.1, -0.05) is 68.0 Å². The van der Waals surface area contributed by atoms with Gasteiger partial charge in [-0.25, -0.2) is 23.6 Å². The maximum Gasteiger partial charge on any atom is 0.376 e. The average molecular weight is 673 g/mol. The van der Waals surface area contributed by atoms with Crippen molar-refractivity contribution in [1.29, 1.82) is 0 Å². The van der Waals surface area contributed by atoms with E-state index in [9.17, 15) is 24.0 Å². The maximum absolute atomic E-state index is 16.4. The molecule has 0 saturated carbocycles. The second-order valence-corrected chi connectivity index (χ2v) is 10.7. The van der Waals surface area contributed by atoms with Crippen LogP contribution in [-0.2, 0) is 24.0 Å². The Morgan fingerprint density at radius 2 is 1.12 bits per heavy atom. The van der Waals surface area contributed by atoms with Crippen molar-refractivity contribution in [2.24, 2.45) is 0 Å². The van der Waals surface area contributed by atoms with E-state index in [-0.39, 0.29) is 45.6 Å². The second-order valence-electron chi connectivity index (χ2n) is 10.7. The number of benzene rings is 4. The summed E-state index contributed by atoms with van der Waals surface area (Å²) in [4.78, 5) is 59.5. The molecule has 9 nitrogen and oxygen atoms in total. The first-order chi connectivity index (χ1) is 23.8.